The van der Waals surface area contributed by atoms with E-state index in [1.807, 2.05) is 5.92 Å². The largest absolute Gasteiger partial charge is 0.405 e. The summed E-state index contributed by atoms with van der Waals surface area (Å²) in [4.78, 5) is 0. The minimum Gasteiger partial charge on any atom is -0.367 e. The molecule has 0 spiro atoms. The fourth-order valence-electron chi connectivity index (χ4n) is 0.339. The molecule has 0 aliphatic heterocycles. The monoisotopic (exact) mass is 167 g/mol. The van der Waals surface area contributed by atoms with Crippen LogP contribution >= 0.6 is 0 Å². The highest BCUT2D eigenvalue weighted by molar-refractivity contribution is 4.83. The van der Waals surface area contributed by atoms with Gasteiger partial charge in [0.15, 0.2) is 0 Å². The molecule has 2 N–H and O–H groups in total. The number of hydrogen-bond acceptors (Lipinski definition) is 2. The number of alkyl halides is 3. The molecule has 1 atom stereocenters. The molecule has 0 amide bonds. The van der Waals surface area contributed by atoms with Gasteiger partial charge in [0.05, 0.1) is 6.61 Å². The summed E-state index contributed by atoms with van der Waals surface area (Å²) < 4.78 is 39.2. The zero-order valence-electron chi connectivity index (χ0n) is 5.69. The third-order valence-electron chi connectivity index (χ3n) is 0.903. The van der Waals surface area contributed by atoms with Crippen molar-refractivity contribution in [3.8, 4) is 12.3 Å². The van der Waals surface area contributed by atoms with E-state index in [1.165, 1.54) is 0 Å². The highest BCUT2D eigenvalue weighted by Crippen LogP contribution is 2.18. The van der Waals surface area contributed by atoms with Crippen LogP contribution in [0, 0.1) is 12.3 Å². The number of ether oxygens (including phenoxy) is 1. The van der Waals surface area contributed by atoms with Gasteiger partial charge in [-0.3, -0.25) is 0 Å². The van der Waals surface area contributed by atoms with Gasteiger partial charge in [0.2, 0.25) is 0 Å². The molecule has 64 valence electrons. The smallest absolute Gasteiger partial charge is 0.367 e. The Morgan fingerprint density at radius 1 is 1.55 bits per heavy atom. The predicted molar refractivity (Wildman–Crippen MR) is 33.7 cm³/mol. The maximum Gasteiger partial charge on any atom is 0.405 e. The SMILES string of the molecule is C#CCOCC(N)C(F)(F)F. The number of terminal acetylenes is 1. The van der Waals surface area contributed by atoms with Gasteiger partial charge in [-0.05, 0) is 0 Å². The summed E-state index contributed by atoms with van der Waals surface area (Å²) in [6.45, 7) is -0.739. The number of rotatable bonds is 3. The molecule has 0 fully saturated rings. The van der Waals surface area contributed by atoms with Crippen molar-refractivity contribution in [1.82, 2.24) is 0 Å². The van der Waals surface area contributed by atoms with Crippen molar-refractivity contribution in [2.24, 2.45) is 5.73 Å². The van der Waals surface area contributed by atoms with Crippen LogP contribution in [0.1, 0.15) is 0 Å². The molecule has 0 aliphatic carbocycles. The maximum atomic E-state index is 11.6. The van der Waals surface area contributed by atoms with Crippen molar-refractivity contribution < 1.29 is 17.9 Å². The second kappa shape index (κ2) is 4.21. The lowest BCUT2D eigenvalue weighted by molar-refractivity contribution is -0.158. The van der Waals surface area contributed by atoms with Gasteiger partial charge in [-0.25, -0.2) is 0 Å². The Morgan fingerprint density at radius 3 is 2.45 bits per heavy atom. The Hall–Kier alpha value is -0.730. The van der Waals surface area contributed by atoms with Gasteiger partial charge in [0, 0.05) is 0 Å². The van der Waals surface area contributed by atoms with Crippen LogP contribution < -0.4 is 5.73 Å². The van der Waals surface area contributed by atoms with Crippen LogP contribution in [0.5, 0.6) is 0 Å². The first-order chi connectivity index (χ1) is 4.98. The Morgan fingerprint density at radius 2 is 2.09 bits per heavy atom. The Balaban J connectivity index is 3.55. The number of halogens is 3. The van der Waals surface area contributed by atoms with Crippen LogP contribution in [-0.2, 0) is 4.74 Å². The summed E-state index contributed by atoms with van der Waals surface area (Å²) >= 11 is 0. The number of nitrogens with two attached hydrogens (primary N) is 1. The third-order valence-corrected chi connectivity index (χ3v) is 0.903. The van der Waals surface area contributed by atoms with E-state index in [1.54, 1.807) is 0 Å². The molecule has 0 aliphatic rings. The molecule has 0 heterocycles. The zero-order valence-corrected chi connectivity index (χ0v) is 5.69. The average Bonchev–Trinajstić information content (AvgIpc) is 1.86. The summed E-state index contributed by atoms with van der Waals surface area (Å²) in [5.74, 6) is 2.03. The number of hydrogen-bond donors (Lipinski definition) is 1. The lowest BCUT2D eigenvalue weighted by Gasteiger charge is -2.14. The molecule has 0 bridgehead atoms. The van der Waals surface area contributed by atoms with Crippen LogP contribution in [0.15, 0.2) is 0 Å². The molecule has 2 nitrogen and oxygen atoms in total. The molecule has 0 aromatic carbocycles. The quantitative estimate of drug-likeness (QED) is 0.491. The van der Waals surface area contributed by atoms with E-state index in [0.717, 1.165) is 0 Å². The molecular formula is C6H8F3NO. The van der Waals surface area contributed by atoms with E-state index < -0.39 is 18.8 Å². The second-order valence-corrected chi connectivity index (χ2v) is 1.87. The second-order valence-electron chi connectivity index (χ2n) is 1.87. The first-order valence-electron chi connectivity index (χ1n) is 2.82. The minimum atomic E-state index is -4.41. The Kier molecular flexibility index (Phi) is 3.93. The zero-order chi connectivity index (χ0) is 8.91. The highest BCUT2D eigenvalue weighted by Gasteiger charge is 2.36. The van der Waals surface area contributed by atoms with Crippen LogP contribution in [0.25, 0.3) is 0 Å². The van der Waals surface area contributed by atoms with Gasteiger partial charge in [-0.2, -0.15) is 13.2 Å². The Bertz CT molecular complexity index is 149. The summed E-state index contributed by atoms with van der Waals surface area (Å²) in [6, 6.07) is -1.95. The van der Waals surface area contributed by atoms with E-state index in [2.05, 4.69) is 10.5 Å². The fraction of sp³-hybridized carbons (Fsp3) is 0.667. The van der Waals surface area contributed by atoms with E-state index in [9.17, 15) is 13.2 Å². The first-order valence-corrected chi connectivity index (χ1v) is 2.82. The van der Waals surface area contributed by atoms with E-state index >= 15 is 0 Å². The van der Waals surface area contributed by atoms with Crippen molar-refractivity contribution in [2.45, 2.75) is 12.2 Å². The first kappa shape index (κ1) is 10.3. The third kappa shape index (κ3) is 4.65. The van der Waals surface area contributed by atoms with Gasteiger partial charge in [-0.15, -0.1) is 6.42 Å². The normalized spacial score (nSPS) is 14.1. The molecule has 0 aromatic heterocycles. The van der Waals surface area contributed by atoms with E-state index in [-0.39, 0.29) is 6.61 Å². The molecule has 5 heteroatoms. The Labute approximate surface area is 62.5 Å². The summed E-state index contributed by atoms with van der Waals surface area (Å²) in [5.41, 5.74) is 4.67. The van der Waals surface area contributed by atoms with E-state index in [4.69, 9.17) is 6.42 Å². The lowest BCUT2D eigenvalue weighted by atomic mass is 10.3. The minimum absolute atomic E-state index is 0.149. The van der Waals surface area contributed by atoms with Gasteiger partial charge in [0.1, 0.15) is 12.6 Å². The summed E-state index contributed by atoms with van der Waals surface area (Å²) in [5, 5.41) is 0. The van der Waals surface area contributed by atoms with Gasteiger partial charge >= 0.3 is 6.18 Å². The molecule has 1 unspecified atom stereocenters. The predicted octanol–water partition coefficient (Wildman–Crippen LogP) is 0.526. The van der Waals surface area contributed by atoms with Crippen LogP contribution in [0.2, 0.25) is 0 Å². The van der Waals surface area contributed by atoms with Gasteiger partial charge in [0.25, 0.3) is 0 Å². The maximum absolute atomic E-state index is 11.6. The average molecular weight is 167 g/mol. The molecule has 0 rings (SSSR count). The molecule has 0 saturated carbocycles. The van der Waals surface area contributed by atoms with Crippen LogP contribution in [0.3, 0.4) is 0 Å². The van der Waals surface area contributed by atoms with Crippen molar-refractivity contribution >= 4 is 0 Å². The van der Waals surface area contributed by atoms with E-state index in [0.29, 0.717) is 0 Å². The highest BCUT2D eigenvalue weighted by atomic mass is 19.4. The lowest BCUT2D eigenvalue weighted by Crippen LogP contribution is -2.41. The van der Waals surface area contributed by atoms with Crippen molar-refractivity contribution in [3.05, 3.63) is 0 Å². The molecular weight excluding hydrogens is 159 g/mol. The standard InChI is InChI=1S/C6H8F3NO/c1-2-3-11-4-5(10)6(7,8)9/h1,5H,3-4,10H2. The molecule has 0 aromatic rings. The van der Waals surface area contributed by atoms with Crippen molar-refractivity contribution in [1.29, 1.82) is 0 Å². The van der Waals surface area contributed by atoms with Gasteiger partial charge in [-0.1, -0.05) is 5.92 Å². The van der Waals surface area contributed by atoms with Gasteiger partial charge < -0.3 is 10.5 Å². The fourth-order valence-corrected chi connectivity index (χ4v) is 0.339. The van der Waals surface area contributed by atoms with Crippen molar-refractivity contribution in [3.63, 3.8) is 0 Å². The molecule has 0 saturated heterocycles. The molecule has 0 radical (unpaired) electrons. The molecule has 11 heavy (non-hydrogen) atoms. The summed E-state index contributed by atoms with van der Waals surface area (Å²) in [7, 11) is 0. The summed E-state index contributed by atoms with van der Waals surface area (Å²) in [6.07, 6.45) is 0.319. The topological polar surface area (TPSA) is 35.2 Å². The van der Waals surface area contributed by atoms with Crippen molar-refractivity contribution in [2.75, 3.05) is 13.2 Å². The van der Waals surface area contributed by atoms with Crippen LogP contribution in [-0.4, -0.2) is 25.4 Å². The van der Waals surface area contributed by atoms with Crippen LogP contribution in [0.4, 0.5) is 13.2 Å².